The molecule has 0 radical (unpaired) electrons. The molecule has 3 N–H and O–H groups in total. The zero-order valence-electron chi connectivity index (χ0n) is 34.4. The number of hydrogen-bond donors (Lipinski definition) is 3. The number of aromatic nitrogens is 2. The summed E-state index contributed by atoms with van der Waals surface area (Å²) >= 11 is 0. The lowest BCUT2D eigenvalue weighted by Gasteiger charge is -2.69. The van der Waals surface area contributed by atoms with Crippen molar-refractivity contribution in [2.24, 2.45) is 68.5 Å². The zero-order chi connectivity index (χ0) is 38.7. The van der Waals surface area contributed by atoms with Crippen LogP contribution in [0.2, 0.25) is 0 Å². The molecule has 300 valence electrons. The van der Waals surface area contributed by atoms with Crippen molar-refractivity contribution in [1.82, 2.24) is 14.9 Å². The number of phenols is 1. The summed E-state index contributed by atoms with van der Waals surface area (Å²) in [5, 5.41) is 19.6. The van der Waals surface area contributed by atoms with E-state index in [9.17, 15) is 15.0 Å². The number of hydrogen-bond acceptors (Lipinski definition) is 6. The summed E-state index contributed by atoms with van der Waals surface area (Å²) in [6, 6.07) is 7.20. The number of carbonyl (C=O) groups is 2. The van der Waals surface area contributed by atoms with E-state index in [0.717, 1.165) is 75.0 Å². The molecule has 55 heavy (non-hydrogen) atoms. The van der Waals surface area contributed by atoms with Gasteiger partial charge in [0.15, 0.2) is 0 Å². The number of imidazole rings is 1. The molecule has 0 bridgehead atoms. The summed E-state index contributed by atoms with van der Waals surface area (Å²) < 4.78 is 6.49. The van der Waals surface area contributed by atoms with Crippen LogP contribution in [-0.2, 0) is 14.3 Å². The predicted octanol–water partition coefficient (Wildman–Crippen LogP) is 9.48. The molecule has 7 aliphatic rings. The van der Waals surface area contributed by atoms with E-state index in [-0.39, 0.29) is 69.4 Å². The van der Waals surface area contributed by atoms with Crippen molar-refractivity contribution in [3.63, 3.8) is 0 Å². The molecule has 8 heteroatoms. The lowest BCUT2D eigenvalue weighted by Crippen LogP contribution is -2.64. The number of phenolic OH excluding ortho intramolecular Hbond substituents is 1. The van der Waals surface area contributed by atoms with E-state index in [0.29, 0.717) is 35.5 Å². The highest BCUT2D eigenvalue weighted by Gasteiger charge is 2.68. The summed E-state index contributed by atoms with van der Waals surface area (Å²) in [4.78, 5) is 39.3. The Morgan fingerprint density at radius 1 is 0.836 bits per heavy atom. The second-order valence-corrected chi connectivity index (χ2v) is 21.4. The van der Waals surface area contributed by atoms with Crippen molar-refractivity contribution in [1.29, 1.82) is 0 Å². The summed E-state index contributed by atoms with van der Waals surface area (Å²) in [6.07, 6.45) is 17.1. The predicted molar refractivity (Wildman–Crippen MR) is 212 cm³/mol. The fraction of sp³-hybridized carbons (Fsp3) is 0.766. The molecule has 12 unspecified atom stereocenters. The van der Waals surface area contributed by atoms with Crippen LogP contribution >= 0.6 is 0 Å². The molecule has 9 rings (SSSR count). The number of aliphatic hydroxyl groups excluding tert-OH is 1. The van der Waals surface area contributed by atoms with Crippen LogP contribution < -0.4 is 0 Å². The molecule has 2 aromatic rings. The number of H-pyrrole nitrogens is 1. The second kappa shape index (κ2) is 13.1. The van der Waals surface area contributed by atoms with Crippen LogP contribution in [-0.4, -0.2) is 56.2 Å². The van der Waals surface area contributed by atoms with Gasteiger partial charge in [-0.3, -0.25) is 9.59 Å². The van der Waals surface area contributed by atoms with Crippen LogP contribution in [0.15, 0.2) is 30.5 Å². The van der Waals surface area contributed by atoms with E-state index in [1.165, 1.54) is 38.5 Å². The zero-order valence-corrected chi connectivity index (χ0v) is 34.4. The maximum atomic E-state index is 15.1. The SMILES string of the molecule is CC1(C)C(CO)CC1C(=O)OC1CCC2(C)C(CCC3(C)C4CCC5(C(=O)N6CCCC6c6ncc(-c7ccc(O)cc7)[nH]6)CCCC5C4CCC32)C1(C)C. The minimum Gasteiger partial charge on any atom is -0.508 e. The topological polar surface area (TPSA) is 116 Å². The average Bonchev–Trinajstić information content (AvgIpc) is 3.93. The Kier molecular flexibility index (Phi) is 8.96. The summed E-state index contributed by atoms with van der Waals surface area (Å²) in [5.41, 5.74) is 1.86. The molecule has 1 aromatic heterocycles. The molecule has 1 saturated heterocycles. The van der Waals surface area contributed by atoms with Gasteiger partial charge in [0.1, 0.15) is 17.7 Å². The molecule has 8 nitrogen and oxygen atoms in total. The van der Waals surface area contributed by atoms with Gasteiger partial charge in [-0.15, -0.1) is 0 Å². The van der Waals surface area contributed by atoms with E-state index in [1.54, 1.807) is 12.1 Å². The van der Waals surface area contributed by atoms with Crippen LogP contribution in [0.4, 0.5) is 0 Å². The number of nitrogens with zero attached hydrogens (tertiary/aromatic N) is 2. The quantitative estimate of drug-likeness (QED) is 0.253. The molecule has 6 aliphatic carbocycles. The van der Waals surface area contributed by atoms with Crippen molar-refractivity contribution >= 4 is 11.9 Å². The molecule has 7 fully saturated rings. The van der Waals surface area contributed by atoms with Gasteiger partial charge in [-0.05, 0) is 165 Å². The van der Waals surface area contributed by atoms with Crippen LogP contribution in [0.5, 0.6) is 5.75 Å². The number of aromatic hydroxyl groups is 1. The number of rotatable bonds is 6. The van der Waals surface area contributed by atoms with Gasteiger partial charge in [-0.2, -0.15) is 0 Å². The number of likely N-dealkylation sites (tertiary alicyclic amines) is 1. The molecule has 12 atom stereocenters. The van der Waals surface area contributed by atoms with Crippen molar-refractivity contribution in [3.05, 3.63) is 36.3 Å². The van der Waals surface area contributed by atoms with Gasteiger partial charge in [-0.25, -0.2) is 4.98 Å². The number of ether oxygens (including phenoxy) is 1. The number of esters is 1. The van der Waals surface area contributed by atoms with Gasteiger partial charge in [0.25, 0.3) is 0 Å². The third-order valence-electron chi connectivity index (χ3n) is 18.7. The molecule has 6 saturated carbocycles. The molecule has 2 heterocycles. The number of benzene rings is 1. The Balaban J connectivity index is 0.910. The second-order valence-electron chi connectivity index (χ2n) is 21.4. The highest BCUT2D eigenvalue weighted by Crippen LogP contribution is 2.73. The number of fused-ring (bicyclic) bond motifs is 7. The maximum Gasteiger partial charge on any atom is 0.309 e. The highest BCUT2D eigenvalue weighted by atomic mass is 16.5. The fourth-order valence-corrected chi connectivity index (χ4v) is 15.6. The molecular formula is C47H67N3O5. The van der Waals surface area contributed by atoms with Crippen LogP contribution in [0.25, 0.3) is 11.3 Å². The molecular weight excluding hydrogens is 687 g/mol. The third-order valence-corrected chi connectivity index (χ3v) is 18.7. The van der Waals surface area contributed by atoms with Crippen molar-refractivity contribution < 1.29 is 24.5 Å². The van der Waals surface area contributed by atoms with E-state index < -0.39 is 0 Å². The maximum absolute atomic E-state index is 15.1. The summed E-state index contributed by atoms with van der Waals surface area (Å²) in [5.74, 6) is 4.49. The monoisotopic (exact) mass is 754 g/mol. The number of aliphatic hydroxyl groups is 1. The molecule has 0 spiro atoms. The Morgan fingerprint density at radius 2 is 1.60 bits per heavy atom. The average molecular weight is 754 g/mol. The largest absolute Gasteiger partial charge is 0.508 e. The first-order valence-electron chi connectivity index (χ1n) is 22.1. The van der Waals surface area contributed by atoms with Gasteiger partial charge in [0, 0.05) is 18.6 Å². The Labute approximate surface area is 329 Å². The van der Waals surface area contributed by atoms with Crippen molar-refractivity contribution in [3.8, 4) is 17.0 Å². The third kappa shape index (κ3) is 5.48. The lowest BCUT2D eigenvalue weighted by atomic mass is 9.36. The van der Waals surface area contributed by atoms with Gasteiger partial charge in [0.2, 0.25) is 5.91 Å². The Hall–Kier alpha value is -2.87. The normalized spacial score (nSPS) is 42.7. The number of aromatic amines is 1. The standard InChI is InChI=1S/C47H67N3O5/c1-43(2)29(27-51)25-34(43)41(53)55-39-19-22-46(6)37(44(39,3)4)18-21-45(5)32-17-23-47(20-7-9-33(47)31(32)15-16-38(45)46)42(54)50-24-8-10-36(50)40-48-26-35(49-40)28-11-13-30(52)14-12-28/h11-14,26,29,31-34,36-39,51-52H,7-10,15-25,27H2,1-6H3,(H,48,49). The molecule has 1 amide bonds. The van der Waals surface area contributed by atoms with Gasteiger partial charge >= 0.3 is 5.97 Å². The number of amides is 1. The highest BCUT2D eigenvalue weighted by molar-refractivity contribution is 5.84. The first-order chi connectivity index (χ1) is 26.1. The van der Waals surface area contributed by atoms with Gasteiger partial charge < -0.3 is 24.8 Å². The van der Waals surface area contributed by atoms with E-state index in [4.69, 9.17) is 9.72 Å². The fourth-order valence-electron chi connectivity index (χ4n) is 15.6. The number of carbonyl (C=O) groups excluding carboxylic acids is 2. The first-order valence-corrected chi connectivity index (χ1v) is 22.1. The molecule has 1 aliphatic heterocycles. The van der Waals surface area contributed by atoms with Crippen LogP contribution in [0, 0.1) is 68.5 Å². The smallest absolute Gasteiger partial charge is 0.309 e. The van der Waals surface area contributed by atoms with Crippen LogP contribution in [0.1, 0.15) is 143 Å². The van der Waals surface area contributed by atoms with E-state index >= 15 is 4.79 Å². The van der Waals surface area contributed by atoms with Crippen molar-refractivity contribution in [2.45, 2.75) is 144 Å². The van der Waals surface area contributed by atoms with E-state index in [1.807, 2.05) is 18.3 Å². The van der Waals surface area contributed by atoms with Crippen molar-refractivity contribution in [2.75, 3.05) is 13.2 Å². The lowest BCUT2D eigenvalue weighted by molar-refractivity contribution is -0.227. The minimum atomic E-state index is -0.240. The minimum absolute atomic E-state index is 0.00869. The van der Waals surface area contributed by atoms with Gasteiger partial charge in [-0.1, -0.05) is 48.0 Å². The van der Waals surface area contributed by atoms with Crippen LogP contribution in [0.3, 0.4) is 0 Å². The first kappa shape index (κ1) is 37.7. The Bertz CT molecular complexity index is 1800. The van der Waals surface area contributed by atoms with E-state index in [2.05, 4.69) is 51.4 Å². The van der Waals surface area contributed by atoms with Gasteiger partial charge in [0.05, 0.1) is 29.3 Å². The Morgan fingerprint density at radius 3 is 2.35 bits per heavy atom. The number of nitrogens with one attached hydrogen (secondary N) is 1. The summed E-state index contributed by atoms with van der Waals surface area (Å²) in [7, 11) is 0. The summed E-state index contributed by atoms with van der Waals surface area (Å²) in [6.45, 7) is 15.2. The molecule has 1 aromatic carbocycles.